The van der Waals surface area contributed by atoms with Crippen molar-refractivity contribution in [3.8, 4) is 0 Å². The Balaban J connectivity index is 1.56. The van der Waals surface area contributed by atoms with Crippen LogP contribution in [0, 0.1) is 0 Å². The number of halogens is 3. The molecular weight excluding hydrogens is 529 g/mol. The number of anilines is 1. The molecule has 0 unspecified atom stereocenters. The van der Waals surface area contributed by atoms with Gasteiger partial charge in [-0.1, -0.05) is 6.07 Å². The number of hydrogen-bond donors (Lipinski definition) is 3. The van der Waals surface area contributed by atoms with Gasteiger partial charge in [0.05, 0.1) is 24.5 Å². The fourth-order valence-corrected chi connectivity index (χ4v) is 4.43. The minimum atomic E-state index is -4.83. The summed E-state index contributed by atoms with van der Waals surface area (Å²) in [6.45, 7) is 6.71. The number of aromatic nitrogens is 3. The molecule has 1 atom stereocenters. The molecule has 0 radical (unpaired) electrons. The van der Waals surface area contributed by atoms with Gasteiger partial charge in [-0.15, -0.1) is 5.10 Å². The summed E-state index contributed by atoms with van der Waals surface area (Å²) >= 11 is 0. The number of fused-ring (bicyclic) bond motifs is 1. The lowest BCUT2D eigenvalue weighted by atomic mass is 10.1. The Kier molecular flexibility index (Phi) is 11.6. The largest absolute Gasteiger partial charge is 0.480 e. The molecule has 3 heterocycles. The number of nitrogens with one attached hydrogen (secondary N) is 2. The zero-order valence-corrected chi connectivity index (χ0v) is 22.8. The van der Waals surface area contributed by atoms with Gasteiger partial charge >= 0.3 is 12.1 Å². The van der Waals surface area contributed by atoms with Crippen LogP contribution in [0.5, 0.6) is 0 Å². The van der Waals surface area contributed by atoms with Gasteiger partial charge in [-0.2, -0.15) is 18.3 Å². The highest BCUT2D eigenvalue weighted by molar-refractivity contribution is 5.96. The van der Waals surface area contributed by atoms with E-state index in [0.29, 0.717) is 32.3 Å². The van der Waals surface area contributed by atoms with Crippen molar-refractivity contribution in [2.75, 3.05) is 38.1 Å². The van der Waals surface area contributed by atoms with Crippen LogP contribution in [0.1, 0.15) is 66.8 Å². The van der Waals surface area contributed by atoms with E-state index in [1.54, 1.807) is 0 Å². The maximum Gasteiger partial charge on any atom is 0.418 e. The van der Waals surface area contributed by atoms with Crippen molar-refractivity contribution >= 4 is 17.7 Å². The van der Waals surface area contributed by atoms with E-state index in [4.69, 9.17) is 9.72 Å². The van der Waals surface area contributed by atoms with E-state index < -0.39 is 35.4 Å². The van der Waals surface area contributed by atoms with Crippen molar-refractivity contribution in [1.29, 1.82) is 0 Å². The van der Waals surface area contributed by atoms with Crippen LogP contribution in [-0.4, -0.2) is 82.0 Å². The summed E-state index contributed by atoms with van der Waals surface area (Å²) in [6, 6.07) is 3.40. The van der Waals surface area contributed by atoms with E-state index in [0.717, 1.165) is 56.4 Å². The zero-order valence-electron chi connectivity index (χ0n) is 22.8. The maximum atomic E-state index is 13.3. The first kappa shape index (κ1) is 31.2. The number of aryl methyl sites for hydroxylation is 2. The Morgan fingerprint density at radius 2 is 1.98 bits per heavy atom. The number of unbranched alkanes of at least 4 members (excludes halogenated alkanes) is 1. The van der Waals surface area contributed by atoms with Crippen molar-refractivity contribution in [3.63, 3.8) is 0 Å². The topological polar surface area (TPSA) is 130 Å². The van der Waals surface area contributed by atoms with Crippen LogP contribution in [0.2, 0.25) is 0 Å². The Morgan fingerprint density at radius 1 is 1.18 bits per heavy atom. The molecule has 2 aromatic rings. The summed E-state index contributed by atoms with van der Waals surface area (Å²) in [6.07, 6.45) is 0.650. The summed E-state index contributed by atoms with van der Waals surface area (Å²) in [4.78, 5) is 31.1. The van der Waals surface area contributed by atoms with Gasteiger partial charge in [0.1, 0.15) is 11.9 Å². The zero-order chi connectivity index (χ0) is 29.1. The number of carboxylic acid groups (broad SMARTS) is 1. The van der Waals surface area contributed by atoms with E-state index in [9.17, 15) is 27.9 Å². The first-order chi connectivity index (χ1) is 19.0. The molecule has 1 amide bonds. The molecule has 3 rings (SSSR count). The molecule has 0 fully saturated rings. The quantitative estimate of drug-likeness (QED) is 0.277. The third-order valence-corrected chi connectivity index (χ3v) is 6.55. The van der Waals surface area contributed by atoms with Crippen molar-refractivity contribution in [2.45, 2.75) is 70.7 Å². The Labute approximate surface area is 231 Å². The van der Waals surface area contributed by atoms with E-state index in [1.165, 1.54) is 5.56 Å². The van der Waals surface area contributed by atoms with Gasteiger partial charge in [-0.3, -0.25) is 4.79 Å². The van der Waals surface area contributed by atoms with Crippen LogP contribution < -0.4 is 10.6 Å². The second-order valence-corrected chi connectivity index (χ2v) is 10.0. The molecule has 0 aliphatic carbocycles. The van der Waals surface area contributed by atoms with Crippen molar-refractivity contribution in [3.05, 3.63) is 46.9 Å². The number of nitrogens with zero attached hydrogens (tertiary/aromatic N) is 4. The fourth-order valence-electron chi connectivity index (χ4n) is 4.43. The molecule has 3 N–H and O–H groups in total. The molecule has 1 aliphatic heterocycles. The average molecular weight is 567 g/mol. The number of pyridine rings is 1. The summed E-state index contributed by atoms with van der Waals surface area (Å²) in [5.74, 6) is -1.63. The van der Waals surface area contributed by atoms with Crippen molar-refractivity contribution in [1.82, 2.24) is 25.4 Å². The van der Waals surface area contributed by atoms with Gasteiger partial charge in [0.15, 0.2) is 5.69 Å². The number of carbonyl (C=O) groups excluding carboxylic acids is 1. The number of hydrogen-bond acceptors (Lipinski definition) is 8. The van der Waals surface area contributed by atoms with Crippen LogP contribution in [0.4, 0.5) is 19.0 Å². The molecule has 13 heteroatoms. The highest BCUT2D eigenvalue weighted by Gasteiger charge is 2.37. The lowest BCUT2D eigenvalue weighted by molar-refractivity contribution is -0.139. The summed E-state index contributed by atoms with van der Waals surface area (Å²) < 4.78 is 45.5. The molecule has 40 heavy (non-hydrogen) atoms. The fraction of sp³-hybridized carbons (Fsp3) is 0.593. The highest BCUT2D eigenvalue weighted by Crippen LogP contribution is 2.30. The number of carboxylic acids is 1. The Hall–Kier alpha value is -3.32. The Bertz CT molecular complexity index is 1130. The first-order valence-electron chi connectivity index (χ1n) is 13.5. The predicted molar refractivity (Wildman–Crippen MR) is 142 cm³/mol. The molecule has 0 saturated carbocycles. The lowest BCUT2D eigenvalue weighted by Gasteiger charge is -2.25. The lowest BCUT2D eigenvalue weighted by Crippen LogP contribution is -2.44. The van der Waals surface area contributed by atoms with E-state index in [2.05, 4.69) is 33.0 Å². The molecule has 1 aliphatic rings. The molecule has 0 bridgehead atoms. The normalized spacial score (nSPS) is 14.1. The Morgan fingerprint density at radius 3 is 2.70 bits per heavy atom. The number of alkyl halides is 3. The second kappa shape index (κ2) is 14.9. The number of ether oxygens (including phenoxy) is 1. The smallest absolute Gasteiger partial charge is 0.418 e. The van der Waals surface area contributed by atoms with Crippen LogP contribution in [0.25, 0.3) is 0 Å². The molecule has 0 saturated heterocycles. The minimum absolute atomic E-state index is 0.0115. The van der Waals surface area contributed by atoms with Gasteiger partial charge in [0.2, 0.25) is 0 Å². The predicted octanol–water partition coefficient (Wildman–Crippen LogP) is 3.57. The third kappa shape index (κ3) is 9.70. The SMILES string of the molecule is CC(C)OCCN(CCCCc1ccc2c(n1)NCCC2)CC[C@H](NC(=O)c1nnccc1C(F)(F)F)C(=O)O. The number of amides is 1. The van der Waals surface area contributed by atoms with Crippen LogP contribution in [0.15, 0.2) is 24.4 Å². The van der Waals surface area contributed by atoms with Gasteiger partial charge in [0.25, 0.3) is 5.91 Å². The van der Waals surface area contributed by atoms with E-state index >= 15 is 0 Å². The average Bonchev–Trinajstić information content (AvgIpc) is 2.91. The summed E-state index contributed by atoms with van der Waals surface area (Å²) in [7, 11) is 0. The molecule has 0 spiro atoms. The van der Waals surface area contributed by atoms with Crippen LogP contribution >= 0.6 is 0 Å². The summed E-state index contributed by atoms with van der Waals surface area (Å²) in [5, 5.41) is 21.8. The van der Waals surface area contributed by atoms with Crippen LogP contribution in [-0.2, 0) is 28.5 Å². The van der Waals surface area contributed by atoms with E-state index in [-0.39, 0.29) is 12.5 Å². The van der Waals surface area contributed by atoms with Crippen molar-refractivity contribution < 1.29 is 32.6 Å². The standard InChI is InChI=1S/C27H37F3N6O4/c1-18(2)40-17-16-36(14-4-3-7-20-9-8-19-6-5-12-31-24(19)33-20)15-11-22(26(38)39)34-25(37)23-21(27(28,29)30)10-13-32-35-23/h8-10,13,18,22H,3-7,11-12,14-17H2,1-2H3,(H,31,33)(H,34,37)(H,38,39)/t22-/m0/s1. The molecule has 2 aromatic heterocycles. The van der Waals surface area contributed by atoms with Crippen LogP contribution in [0.3, 0.4) is 0 Å². The van der Waals surface area contributed by atoms with Gasteiger partial charge in [0, 0.05) is 25.3 Å². The molecular formula is C27H37F3N6O4. The minimum Gasteiger partial charge on any atom is -0.480 e. The van der Waals surface area contributed by atoms with Crippen molar-refractivity contribution in [2.24, 2.45) is 0 Å². The highest BCUT2D eigenvalue weighted by atomic mass is 19.4. The number of carbonyl (C=O) groups is 2. The molecule has 0 aromatic carbocycles. The molecule has 10 nitrogen and oxygen atoms in total. The number of aliphatic carboxylic acids is 1. The van der Waals surface area contributed by atoms with Gasteiger partial charge in [-0.25, -0.2) is 9.78 Å². The monoisotopic (exact) mass is 566 g/mol. The van der Waals surface area contributed by atoms with E-state index in [1.807, 2.05) is 18.7 Å². The maximum absolute atomic E-state index is 13.3. The number of rotatable bonds is 15. The summed E-state index contributed by atoms with van der Waals surface area (Å²) in [5.41, 5.74) is 0.00861. The molecule has 220 valence electrons. The van der Waals surface area contributed by atoms with Gasteiger partial charge in [-0.05, 0) is 76.6 Å². The first-order valence-corrected chi connectivity index (χ1v) is 13.5. The third-order valence-electron chi connectivity index (χ3n) is 6.55. The van der Waals surface area contributed by atoms with Gasteiger partial charge < -0.3 is 25.4 Å². The second-order valence-electron chi connectivity index (χ2n) is 10.0.